The first-order chi connectivity index (χ1) is 12.0. The average molecular weight is 343 g/mol. The van der Waals surface area contributed by atoms with Crippen LogP contribution in [0.25, 0.3) is 0 Å². The Morgan fingerprint density at radius 1 is 1.08 bits per heavy atom. The minimum absolute atomic E-state index is 0.0583. The van der Waals surface area contributed by atoms with Crippen LogP contribution in [0.5, 0.6) is 0 Å². The number of amides is 2. The summed E-state index contributed by atoms with van der Waals surface area (Å²) < 4.78 is 13.5. The van der Waals surface area contributed by atoms with E-state index < -0.39 is 5.82 Å². The van der Waals surface area contributed by atoms with Crippen LogP contribution < -0.4 is 16.0 Å². The predicted molar refractivity (Wildman–Crippen MR) is 97.2 cm³/mol. The largest absolute Gasteiger partial charge is 0.374 e. The molecule has 0 saturated carbocycles. The second-order valence-corrected chi connectivity index (χ2v) is 5.74. The molecule has 1 unspecified atom stereocenters. The van der Waals surface area contributed by atoms with Crippen molar-refractivity contribution in [1.29, 1.82) is 0 Å². The van der Waals surface area contributed by atoms with Crippen LogP contribution >= 0.6 is 0 Å². The Morgan fingerprint density at radius 3 is 2.40 bits per heavy atom. The van der Waals surface area contributed by atoms with Gasteiger partial charge in [-0.2, -0.15) is 0 Å². The number of benzene rings is 2. The highest BCUT2D eigenvalue weighted by molar-refractivity contribution is 5.96. The highest BCUT2D eigenvalue weighted by Crippen LogP contribution is 2.13. The van der Waals surface area contributed by atoms with E-state index in [2.05, 4.69) is 16.0 Å². The molecular formula is C19H22FN3O2. The highest BCUT2D eigenvalue weighted by atomic mass is 19.1. The van der Waals surface area contributed by atoms with Gasteiger partial charge in [0.1, 0.15) is 5.82 Å². The Hall–Kier alpha value is -2.89. The Kier molecular flexibility index (Phi) is 6.51. The lowest BCUT2D eigenvalue weighted by atomic mass is 10.1. The van der Waals surface area contributed by atoms with Crippen molar-refractivity contribution >= 4 is 23.2 Å². The van der Waals surface area contributed by atoms with E-state index in [4.69, 9.17) is 0 Å². The van der Waals surface area contributed by atoms with Crippen LogP contribution in [-0.4, -0.2) is 24.4 Å². The zero-order valence-electron chi connectivity index (χ0n) is 14.3. The first kappa shape index (κ1) is 18.4. The first-order valence-electron chi connectivity index (χ1n) is 8.18. The number of halogens is 1. The summed E-state index contributed by atoms with van der Waals surface area (Å²) in [6.07, 6.45) is 0.856. The van der Waals surface area contributed by atoms with E-state index in [0.717, 1.165) is 6.42 Å². The van der Waals surface area contributed by atoms with Crippen molar-refractivity contribution < 1.29 is 14.0 Å². The van der Waals surface area contributed by atoms with Crippen molar-refractivity contribution in [2.75, 3.05) is 17.2 Å². The molecule has 25 heavy (non-hydrogen) atoms. The lowest BCUT2D eigenvalue weighted by molar-refractivity contribution is -0.114. The van der Waals surface area contributed by atoms with Gasteiger partial charge in [0.05, 0.1) is 12.2 Å². The second kappa shape index (κ2) is 8.82. The predicted octanol–water partition coefficient (Wildman–Crippen LogP) is 3.40. The molecule has 0 aromatic heterocycles. The summed E-state index contributed by atoms with van der Waals surface area (Å²) in [4.78, 5) is 23.9. The monoisotopic (exact) mass is 343 g/mol. The third-order valence-electron chi connectivity index (χ3n) is 3.73. The fourth-order valence-corrected chi connectivity index (χ4v) is 2.10. The smallest absolute Gasteiger partial charge is 0.251 e. The van der Waals surface area contributed by atoms with Crippen LogP contribution in [0.4, 0.5) is 15.8 Å². The number of anilines is 2. The van der Waals surface area contributed by atoms with Crippen LogP contribution in [-0.2, 0) is 4.79 Å². The number of hydrogen-bond acceptors (Lipinski definition) is 3. The minimum atomic E-state index is -0.410. The van der Waals surface area contributed by atoms with Crippen molar-refractivity contribution in [3.63, 3.8) is 0 Å². The lowest BCUT2D eigenvalue weighted by Gasteiger charge is -2.12. The SMILES string of the molecule is CCC(C)NC(=O)c1ccc(NC(=O)CNc2ccccc2F)cc1. The maximum atomic E-state index is 13.5. The molecule has 0 bridgehead atoms. The van der Waals surface area contributed by atoms with Crippen molar-refractivity contribution in [3.8, 4) is 0 Å². The second-order valence-electron chi connectivity index (χ2n) is 5.74. The van der Waals surface area contributed by atoms with Gasteiger partial charge in [-0.25, -0.2) is 4.39 Å². The van der Waals surface area contributed by atoms with Gasteiger partial charge in [-0.15, -0.1) is 0 Å². The number of rotatable bonds is 7. The van der Waals surface area contributed by atoms with Crippen molar-refractivity contribution in [2.24, 2.45) is 0 Å². The van der Waals surface area contributed by atoms with Gasteiger partial charge >= 0.3 is 0 Å². The minimum Gasteiger partial charge on any atom is -0.374 e. The van der Waals surface area contributed by atoms with E-state index in [1.165, 1.54) is 6.07 Å². The summed E-state index contributed by atoms with van der Waals surface area (Å²) in [5, 5.41) is 8.31. The van der Waals surface area contributed by atoms with Gasteiger partial charge in [-0.05, 0) is 49.7 Å². The van der Waals surface area contributed by atoms with Crippen LogP contribution in [0, 0.1) is 5.82 Å². The molecule has 2 rings (SSSR count). The Labute approximate surface area is 146 Å². The summed E-state index contributed by atoms with van der Waals surface area (Å²) in [5.74, 6) is -0.861. The number of carbonyl (C=O) groups is 2. The van der Waals surface area contributed by atoms with Crippen LogP contribution in [0.15, 0.2) is 48.5 Å². The van der Waals surface area contributed by atoms with Crippen molar-refractivity contribution in [3.05, 3.63) is 59.9 Å². The molecule has 1 atom stereocenters. The quantitative estimate of drug-likeness (QED) is 0.721. The lowest BCUT2D eigenvalue weighted by Crippen LogP contribution is -2.31. The molecule has 132 valence electrons. The van der Waals surface area contributed by atoms with E-state index >= 15 is 0 Å². The fraction of sp³-hybridized carbons (Fsp3) is 0.263. The molecule has 2 aromatic rings. The van der Waals surface area contributed by atoms with E-state index in [1.807, 2.05) is 13.8 Å². The van der Waals surface area contributed by atoms with Crippen LogP contribution in [0.3, 0.4) is 0 Å². The summed E-state index contributed by atoms with van der Waals surface area (Å²) in [5.41, 5.74) is 1.37. The molecule has 5 nitrogen and oxygen atoms in total. The molecule has 0 radical (unpaired) electrons. The van der Waals surface area contributed by atoms with Gasteiger partial charge in [0.15, 0.2) is 0 Å². The maximum absolute atomic E-state index is 13.5. The number of carbonyl (C=O) groups excluding carboxylic acids is 2. The molecular weight excluding hydrogens is 321 g/mol. The molecule has 2 amide bonds. The fourth-order valence-electron chi connectivity index (χ4n) is 2.10. The van der Waals surface area contributed by atoms with E-state index in [0.29, 0.717) is 11.3 Å². The van der Waals surface area contributed by atoms with Gasteiger partial charge < -0.3 is 16.0 Å². The first-order valence-corrected chi connectivity index (χ1v) is 8.18. The molecule has 0 aliphatic rings. The Bertz CT molecular complexity index is 732. The zero-order valence-corrected chi connectivity index (χ0v) is 14.3. The van der Waals surface area contributed by atoms with Crippen molar-refractivity contribution in [1.82, 2.24) is 5.32 Å². The van der Waals surface area contributed by atoms with E-state index in [1.54, 1.807) is 42.5 Å². The molecule has 0 spiro atoms. The molecule has 0 heterocycles. The van der Waals surface area contributed by atoms with Gasteiger partial charge in [0.2, 0.25) is 5.91 Å². The van der Waals surface area contributed by atoms with Crippen molar-refractivity contribution in [2.45, 2.75) is 26.3 Å². The standard InChI is InChI=1S/C19H22FN3O2/c1-3-13(2)22-19(25)14-8-10-15(11-9-14)23-18(24)12-21-17-7-5-4-6-16(17)20/h4-11,13,21H,3,12H2,1-2H3,(H,22,25)(H,23,24). The summed E-state index contributed by atoms with van der Waals surface area (Å²) in [6, 6.07) is 12.9. The molecule has 0 aliphatic heterocycles. The normalized spacial score (nSPS) is 11.5. The third kappa shape index (κ3) is 5.60. The van der Waals surface area contributed by atoms with E-state index in [-0.39, 0.29) is 30.1 Å². The maximum Gasteiger partial charge on any atom is 0.251 e. The van der Waals surface area contributed by atoms with Gasteiger partial charge in [-0.1, -0.05) is 19.1 Å². The Balaban J connectivity index is 1.87. The molecule has 0 fully saturated rings. The summed E-state index contributed by atoms with van der Waals surface area (Å²) >= 11 is 0. The average Bonchev–Trinajstić information content (AvgIpc) is 2.61. The Morgan fingerprint density at radius 2 is 1.76 bits per heavy atom. The number of nitrogens with one attached hydrogen (secondary N) is 3. The van der Waals surface area contributed by atoms with Crippen LogP contribution in [0.2, 0.25) is 0 Å². The summed E-state index contributed by atoms with van der Waals surface area (Å²) in [7, 11) is 0. The summed E-state index contributed by atoms with van der Waals surface area (Å²) in [6.45, 7) is 3.88. The highest BCUT2D eigenvalue weighted by Gasteiger charge is 2.09. The topological polar surface area (TPSA) is 70.2 Å². The van der Waals surface area contributed by atoms with E-state index in [9.17, 15) is 14.0 Å². The van der Waals surface area contributed by atoms with Gasteiger partial charge in [0, 0.05) is 17.3 Å². The third-order valence-corrected chi connectivity index (χ3v) is 3.73. The molecule has 6 heteroatoms. The molecule has 0 aliphatic carbocycles. The molecule has 0 saturated heterocycles. The molecule has 3 N–H and O–H groups in total. The number of para-hydroxylation sites is 1. The van der Waals surface area contributed by atoms with Gasteiger partial charge in [-0.3, -0.25) is 9.59 Å². The number of hydrogen-bond donors (Lipinski definition) is 3. The molecule has 2 aromatic carbocycles. The van der Waals surface area contributed by atoms with Gasteiger partial charge in [0.25, 0.3) is 5.91 Å². The zero-order chi connectivity index (χ0) is 18.2. The van der Waals surface area contributed by atoms with Crippen LogP contribution in [0.1, 0.15) is 30.6 Å².